The molecule has 8 heteroatoms. The van der Waals surface area contributed by atoms with Crippen molar-refractivity contribution in [2.75, 3.05) is 22.6 Å². The lowest BCUT2D eigenvalue weighted by Gasteiger charge is -2.26. The lowest BCUT2D eigenvalue weighted by atomic mass is 10.1. The van der Waals surface area contributed by atoms with Gasteiger partial charge in [-0.1, -0.05) is 30.3 Å². The first-order chi connectivity index (χ1) is 17.4. The van der Waals surface area contributed by atoms with Crippen LogP contribution in [0.3, 0.4) is 0 Å². The molecule has 2 atom stereocenters. The van der Waals surface area contributed by atoms with Crippen LogP contribution in [-0.2, 0) is 29.2 Å². The quantitative estimate of drug-likeness (QED) is 0.467. The van der Waals surface area contributed by atoms with E-state index in [2.05, 4.69) is 45.1 Å². The maximum absolute atomic E-state index is 12.0. The van der Waals surface area contributed by atoms with Crippen LogP contribution in [0, 0.1) is 0 Å². The molecular formula is C28H30N4O4. The first kappa shape index (κ1) is 23.7. The van der Waals surface area contributed by atoms with E-state index in [-0.39, 0.29) is 11.8 Å². The van der Waals surface area contributed by atoms with Gasteiger partial charge >= 0.3 is 0 Å². The van der Waals surface area contributed by atoms with E-state index in [4.69, 9.17) is 9.47 Å². The zero-order valence-electron chi connectivity index (χ0n) is 20.6. The first-order valence-electron chi connectivity index (χ1n) is 12.1. The zero-order valence-corrected chi connectivity index (χ0v) is 20.6. The Morgan fingerprint density at radius 2 is 1.36 bits per heavy atom. The molecule has 36 heavy (non-hydrogen) atoms. The van der Waals surface area contributed by atoms with E-state index in [0.29, 0.717) is 29.4 Å². The van der Waals surface area contributed by atoms with Crippen LogP contribution >= 0.6 is 0 Å². The Kier molecular flexibility index (Phi) is 6.52. The minimum Gasteiger partial charge on any atom is -0.479 e. The highest BCUT2D eigenvalue weighted by molar-refractivity contribution is 5.98. The highest BCUT2D eigenvalue weighted by atomic mass is 16.5. The maximum atomic E-state index is 12.0. The Hall–Kier alpha value is -4.04. The van der Waals surface area contributed by atoms with Gasteiger partial charge in [-0.05, 0) is 60.9 Å². The molecule has 3 N–H and O–H groups in total. The van der Waals surface area contributed by atoms with E-state index in [1.54, 1.807) is 13.8 Å². The molecule has 3 aromatic rings. The smallest absolute Gasteiger partial charge is 0.265 e. The summed E-state index contributed by atoms with van der Waals surface area (Å²) in [5.74, 6) is 1.13. The van der Waals surface area contributed by atoms with E-state index in [9.17, 15) is 9.59 Å². The lowest BCUT2D eigenvalue weighted by Crippen LogP contribution is -2.34. The average Bonchev–Trinajstić information content (AvgIpc) is 2.85. The molecule has 0 saturated carbocycles. The van der Waals surface area contributed by atoms with Gasteiger partial charge in [-0.15, -0.1) is 0 Å². The predicted molar refractivity (Wildman–Crippen MR) is 139 cm³/mol. The van der Waals surface area contributed by atoms with Gasteiger partial charge < -0.3 is 30.3 Å². The van der Waals surface area contributed by atoms with Gasteiger partial charge in [0.15, 0.2) is 12.2 Å². The molecule has 0 fully saturated rings. The van der Waals surface area contributed by atoms with Crippen molar-refractivity contribution in [3.05, 3.63) is 77.4 Å². The number of hydrogen-bond acceptors (Lipinski definition) is 6. The largest absolute Gasteiger partial charge is 0.479 e. The number of ether oxygens (including phenoxy) is 2. The molecule has 0 aromatic heterocycles. The van der Waals surface area contributed by atoms with E-state index in [1.807, 2.05) is 43.4 Å². The number of amides is 2. The van der Waals surface area contributed by atoms with Gasteiger partial charge in [-0.25, -0.2) is 0 Å². The molecule has 3 aromatic carbocycles. The van der Waals surface area contributed by atoms with Gasteiger partial charge in [0.25, 0.3) is 11.8 Å². The summed E-state index contributed by atoms with van der Waals surface area (Å²) in [6.07, 6.45) is -0.956. The maximum Gasteiger partial charge on any atom is 0.265 e. The summed E-state index contributed by atoms with van der Waals surface area (Å²) in [4.78, 5) is 26.0. The first-order valence-corrected chi connectivity index (χ1v) is 12.1. The Morgan fingerprint density at radius 3 is 2.06 bits per heavy atom. The minimum absolute atomic E-state index is 0.127. The average molecular weight is 487 g/mol. The van der Waals surface area contributed by atoms with E-state index < -0.39 is 12.2 Å². The molecule has 2 aliphatic rings. The topological polar surface area (TPSA) is 91.9 Å². The lowest BCUT2D eigenvalue weighted by molar-refractivity contribution is -0.123. The number of nitrogens with one attached hydrogen (secondary N) is 3. The van der Waals surface area contributed by atoms with E-state index in [0.717, 1.165) is 24.3 Å². The Bertz CT molecular complexity index is 1310. The van der Waals surface area contributed by atoms with Crippen LogP contribution in [0.5, 0.6) is 11.5 Å². The molecule has 2 unspecified atom stereocenters. The van der Waals surface area contributed by atoms with Crippen LogP contribution in [0.2, 0.25) is 0 Å². The van der Waals surface area contributed by atoms with E-state index in [1.165, 1.54) is 11.1 Å². The highest BCUT2D eigenvalue weighted by Gasteiger charge is 2.24. The number of benzene rings is 3. The molecule has 0 aliphatic carbocycles. The Morgan fingerprint density at radius 1 is 0.778 bits per heavy atom. The molecule has 0 saturated heterocycles. The molecule has 0 bridgehead atoms. The Labute approximate surface area is 210 Å². The van der Waals surface area contributed by atoms with Crippen LogP contribution in [0.4, 0.5) is 17.1 Å². The van der Waals surface area contributed by atoms with Gasteiger partial charge in [0.05, 0.1) is 11.4 Å². The predicted octanol–water partition coefficient (Wildman–Crippen LogP) is 4.05. The van der Waals surface area contributed by atoms with Crippen LogP contribution in [0.25, 0.3) is 0 Å². The minimum atomic E-state index is -0.483. The number of nitrogens with zero attached hydrogens (tertiary/aromatic N) is 1. The van der Waals surface area contributed by atoms with Gasteiger partial charge in [0, 0.05) is 32.4 Å². The summed E-state index contributed by atoms with van der Waals surface area (Å²) >= 11 is 0. The third-order valence-corrected chi connectivity index (χ3v) is 6.38. The standard InChI is InChI=1S/C28H30N4O4/c1-17-27(33)30-23-12-20(7-9-25(23)35-17)15-29-14-19-5-4-6-21(11-19)16-32(3)22-8-10-26-24(13-22)31-28(34)18(2)36-26/h4-13,17-18,29H,14-16H2,1-3H3,(H,30,33)(H,31,34). The zero-order chi connectivity index (χ0) is 25.2. The number of anilines is 3. The molecule has 2 heterocycles. The van der Waals surface area contributed by atoms with Gasteiger partial charge in [-0.3, -0.25) is 9.59 Å². The molecule has 2 amide bonds. The molecular weight excluding hydrogens is 456 g/mol. The van der Waals surface area contributed by atoms with Gasteiger partial charge in [0.1, 0.15) is 11.5 Å². The third-order valence-electron chi connectivity index (χ3n) is 6.38. The van der Waals surface area contributed by atoms with Crippen LogP contribution in [-0.4, -0.2) is 31.1 Å². The monoisotopic (exact) mass is 486 g/mol. The number of fused-ring (bicyclic) bond motifs is 2. The molecule has 8 nitrogen and oxygen atoms in total. The second-order valence-electron chi connectivity index (χ2n) is 9.29. The number of rotatable bonds is 7. The highest BCUT2D eigenvalue weighted by Crippen LogP contribution is 2.34. The second-order valence-corrected chi connectivity index (χ2v) is 9.29. The molecule has 5 rings (SSSR count). The fraction of sp³-hybridized carbons (Fsp3) is 0.286. The van der Waals surface area contributed by atoms with Gasteiger partial charge in [0.2, 0.25) is 0 Å². The van der Waals surface area contributed by atoms with Crippen molar-refractivity contribution in [1.82, 2.24) is 5.32 Å². The van der Waals surface area contributed by atoms with Crippen molar-refractivity contribution in [1.29, 1.82) is 0 Å². The van der Waals surface area contributed by atoms with Crippen LogP contribution < -0.4 is 30.3 Å². The fourth-order valence-electron chi connectivity index (χ4n) is 4.35. The van der Waals surface area contributed by atoms with E-state index >= 15 is 0 Å². The molecule has 186 valence electrons. The Balaban J connectivity index is 1.18. The molecule has 2 aliphatic heterocycles. The van der Waals surface area contributed by atoms with Crippen molar-refractivity contribution in [3.8, 4) is 11.5 Å². The molecule has 0 radical (unpaired) electrons. The summed E-state index contributed by atoms with van der Waals surface area (Å²) in [7, 11) is 2.03. The molecule has 0 spiro atoms. The summed E-state index contributed by atoms with van der Waals surface area (Å²) < 4.78 is 11.3. The number of carbonyl (C=O) groups is 2. The summed E-state index contributed by atoms with van der Waals surface area (Å²) in [5, 5.41) is 9.28. The normalized spacial score (nSPS) is 18.2. The second kappa shape index (κ2) is 9.91. The number of hydrogen-bond donors (Lipinski definition) is 3. The summed E-state index contributed by atoms with van der Waals surface area (Å²) in [6, 6.07) is 20.2. The number of carbonyl (C=O) groups excluding carboxylic acids is 2. The van der Waals surface area contributed by atoms with Crippen LogP contribution in [0.15, 0.2) is 60.7 Å². The summed E-state index contributed by atoms with van der Waals surface area (Å²) in [5.41, 5.74) is 5.85. The van der Waals surface area contributed by atoms with Crippen molar-refractivity contribution >= 4 is 28.9 Å². The fourth-order valence-corrected chi connectivity index (χ4v) is 4.35. The van der Waals surface area contributed by atoms with Crippen LogP contribution in [0.1, 0.15) is 30.5 Å². The van der Waals surface area contributed by atoms with Crippen molar-refractivity contribution in [2.24, 2.45) is 0 Å². The summed E-state index contributed by atoms with van der Waals surface area (Å²) in [6.45, 7) is 5.59. The van der Waals surface area contributed by atoms with Gasteiger partial charge in [-0.2, -0.15) is 0 Å². The van der Waals surface area contributed by atoms with Crippen molar-refractivity contribution < 1.29 is 19.1 Å². The van der Waals surface area contributed by atoms with Crippen molar-refractivity contribution in [3.63, 3.8) is 0 Å². The SMILES string of the molecule is CC1Oc2ccc(CNCc3cccc(CN(C)c4ccc5c(c4)NC(=O)C(C)O5)c3)cc2NC1=O. The third kappa shape index (κ3) is 5.13. The van der Waals surface area contributed by atoms with Crippen molar-refractivity contribution in [2.45, 2.75) is 45.7 Å².